The predicted octanol–water partition coefficient (Wildman–Crippen LogP) is 2.64. The van der Waals surface area contributed by atoms with Crippen LogP contribution >= 0.6 is 24.0 Å². The van der Waals surface area contributed by atoms with Crippen molar-refractivity contribution in [2.75, 3.05) is 33.2 Å². The van der Waals surface area contributed by atoms with E-state index < -0.39 is 0 Å². The zero-order valence-electron chi connectivity index (χ0n) is 15.4. The molecular weight excluding hydrogens is 439 g/mol. The number of likely N-dealkylation sites (tertiary alicyclic amines) is 1. The third-order valence-corrected chi connectivity index (χ3v) is 4.47. The minimum Gasteiger partial charge on any atom is -0.356 e. The van der Waals surface area contributed by atoms with Crippen molar-refractivity contribution in [1.82, 2.24) is 25.3 Å². The van der Waals surface area contributed by atoms with Crippen LogP contribution in [0.4, 0.5) is 0 Å². The van der Waals surface area contributed by atoms with Gasteiger partial charge >= 0.3 is 0 Å². The predicted molar refractivity (Wildman–Crippen MR) is 117 cm³/mol. The number of rotatable bonds is 7. The number of nitrogens with one attached hydrogen (secondary N) is 2. The number of aromatic nitrogens is 2. The zero-order chi connectivity index (χ0) is 17.3. The molecule has 26 heavy (non-hydrogen) atoms. The lowest BCUT2D eigenvalue weighted by atomic mass is 10.3. The van der Waals surface area contributed by atoms with Gasteiger partial charge in [0.25, 0.3) is 0 Å². The van der Waals surface area contributed by atoms with Crippen LogP contribution in [-0.2, 0) is 6.54 Å². The summed E-state index contributed by atoms with van der Waals surface area (Å²) in [7, 11) is 1.80. The maximum Gasteiger partial charge on any atom is 0.191 e. The van der Waals surface area contributed by atoms with E-state index in [2.05, 4.69) is 25.6 Å². The molecule has 0 amide bonds. The average molecular weight is 468 g/mol. The van der Waals surface area contributed by atoms with Gasteiger partial charge in [-0.25, -0.2) is 4.68 Å². The van der Waals surface area contributed by atoms with Gasteiger partial charge in [0.15, 0.2) is 5.96 Å². The molecule has 6 nitrogen and oxygen atoms in total. The third-order valence-electron chi connectivity index (χ3n) is 4.47. The molecule has 0 saturated carbocycles. The van der Waals surface area contributed by atoms with Crippen LogP contribution in [0, 0.1) is 0 Å². The molecule has 0 spiro atoms. The number of nitrogens with zero attached hydrogens (tertiary/aromatic N) is 4. The molecule has 1 fully saturated rings. The number of para-hydroxylation sites is 1. The minimum absolute atomic E-state index is 0. The SMILES string of the molecule is CN=C(NCCCN1CCCC1)NCc1ccn(-c2ccccc2)n1.I. The molecule has 7 heteroatoms. The minimum atomic E-state index is 0. The van der Waals surface area contributed by atoms with Gasteiger partial charge in [-0.15, -0.1) is 24.0 Å². The summed E-state index contributed by atoms with van der Waals surface area (Å²) in [5.74, 6) is 0.829. The maximum atomic E-state index is 4.60. The molecule has 1 aromatic carbocycles. The fourth-order valence-electron chi connectivity index (χ4n) is 3.09. The molecule has 1 aliphatic rings. The quantitative estimate of drug-likeness (QED) is 0.284. The Balaban J connectivity index is 0.00000243. The second kappa shape index (κ2) is 11.2. The number of hydrogen-bond donors (Lipinski definition) is 2. The van der Waals surface area contributed by atoms with E-state index in [-0.39, 0.29) is 24.0 Å². The largest absolute Gasteiger partial charge is 0.356 e. The average Bonchev–Trinajstić information content (AvgIpc) is 3.34. The zero-order valence-corrected chi connectivity index (χ0v) is 17.7. The summed E-state index contributed by atoms with van der Waals surface area (Å²) in [5, 5.41) is 11.3. The molecule has 0 atom stereocenters. The van der Waals surface area contributed by atoms with Gasteiger partial charge in [0.05, 0.1) is 17.9 Å². The molecule has 1 saturated heterocycles. The first-order valence-corrected chi connectivity index (χ1v) is 9.12. The van der Waals surface area contributed by atoms with Crippen molar-refractivity contribution < 1.29 is 0 Å². The Bertz CT molecular complexity index is 664. The van der Waals surface area contributed by atoms with Gasteiger partial charge in [0, 0.05) is 19.8 Å². The molecule has 3 rings (SSSR count). The first-order chi connectivity index (χ1) is 12.3. The topological polar surface area (TPSA) is 57.5 Å². The van der Waals surface area contributed by atoms with Crippen LogP contribution in [-0.4, -0.2) is 53.9 Å². The highest BCUT2D eigenvalue weighted by atomic mass is 127. The molecule has 2 N–H and O–H groups in total. The smallest absolute Gasteiger partial charge is 0.191 e. The summed E-state index contributed by atoms with van der Waals surface area (Å²) in [6, 6.07) is 12.2. The van der Waals surface area contributed by atoms with Crippen LogP contribution in [0.1, 0.15) is 25.0 Å². The van der Waals surface area contributed by atoms with Crippen molar-refractivity contribution in [3.05, 3.63) is 48.3 Å². The molecule has 1 aromatic heterocycles. The highest BCUT2D eigenvalue weighted by Gasteiger charge is 2.10. The van der Waals surface area contributed by atoms with Crippen LogP contribution < -0.4 is 10.6 Å². The van der Waals surface area contributed by atoms with Crippen LogP contribution in [0.25, 0.3) is 5.69 Å². The van der Waals surface area contributed by atoms with E-state index in [4.69, 9.17) is 0 Å². The molecule has 0 bridgehead atoms. The molecular formula is C19H29IN6. The van der Waals surface area contributed by atoms with E-state index in [1.165, 1.54) is 32.5 Å². The Labute approximate surface area is 173 Å². The summed E-state index contributed by atoms with van der Waals surface area (Å²) in [6.45, 7) is 5.29. The number of halogens is 1. The third kappa shape index (κ3) is 6.28. The first kappa shape index (κ1) is 20.7. The molecule has 0 aliphatic carbocycles. The number of aliphatic imine (C=N–C) groups is 1. The van der Waals surface area contributed by atoms with E-state index in [9.17, 15) is 0 Å². The summed E-state index contributed by atoms with van der Waals surface area (Å²) >= 11 is 0. The van der Waals surface area contributed by atoms with Crippen molar-refractivity contribution in [3.8, 4) is 5.69 Å². The molecule has 1 aliphatic heterocycles. The van der Waals surface area contributed by atoms with Gasteiger partial charge in [-0.2, -0.15) is 5.10 Å². The van der Waals surface area contributed by atoms with Gasteiger partial charge in [-0.1, -0.05) is 18.2 Å². The van der Waals surface area contributed by atoms with Crippen LogP contribution in [0.15, 0.2) is 47.6 Å². The summed E-state index contributed by atoms with van der Waals surface area (Å²) in [5.41, 5.74) is 2.06. The van der Waals surface area contributed by atoms with Crippen molar-refractivity contribution in [2.24, 2.45) is 4.99 Å². The van der Waals surface area contributed by atoms with Crippen molar-refractivity contribution in [1.29, 1.82) is 0 Å². The van der Waals surface area contributed by atoms with Crippen LogP contribution in [0.5, 0.6) is 0 Å². The Kier molecular flexibility index (Phi) is 8.90. The first-order valence-electron chi connectivity index (χ1n) is 9.12. The van der Waals surface area contributed by atoms with Crippen molar-refractivity contribution in [3.63, 3.8) is 0 Å². The lowest BCUT2D eigenvalue weighted by Gasteiger charge is -2.15. The van der Waals surface area contributed by atoms with E-state index >= 15 is 0 Å². The van der Waals surface area contributed by atoms with Crippen LogP contribution in [0.2, 0.25) is 0 Å². The molecule has 0 unspecified atom stereocenters. The number of hydrogen-bond acceptors (Lipinski definition) is 3. The summed E-state index contributed by atoms with van der Waals surface area (Å²) < 4.78 is 1.89. The van der Waals surface area contributed by atoms with Crippen molar-refractivity contribution in [2.45, 2.75) is 25.8 Å². The van der Waals surface area contributed by atoms with Gasteiger partial charge in [-0.05, 0) is 57.1 Å². The van der Waals surface area contributed by atoms with E-state index in [1.807, 2.05) is 47.3 Å². The second-order valence-electron chi connectivity index (χ2n) is 6.34. The lowest BCUT2D eigenvalue weighted by Crippen LogP contribution is -2.38. The number of guanidine groups is 1. The second-order valence-corrected chi connectivity index (χ2v) is 6.34. The fourth-order valence-corrected chi connectivity index (χ4v) is 3.09. The lowest BCUT2D eigenvalue weighted by molar-refractivity contribution is 0.334. The van der Waals surface area contributed by atoms with Gasteiger partial charge in [0.1, 0.15) is 0 Å². The van der Waals surface area contributed by atoms with Gasteiger partial charge in [-0.3, -0.25) is 4.99 Å². The Morgan fingerprint density at radius 3 is 2.62 bits per heavy atom. The highest BCUT2D eigenvalue weighted by molar-refractivity contribution is 14.0. The molecule has 142 valence electrons. The van der Waals surface area contributed by atoms with Gasteiger partial charge in [0.2, 0.25) is 0 Å². The van der Waals surface area contributed by atoms with E-state index in [1.54, 1.807) is 7.05 Å². The molecule has 0 radical (unpaired) electrons. The molecule has 2 heterocycles. The monoisotopic (exact) mass is 468 g/mol. The summed E-state index contributed by atoms with van der Waals surface area (Å²) in [6.07, 6.45) is 5.83. The van der Waals surface area contributed by atoms with E-state index in [0.717, 1.165) is 30.3 Å². The highest BCUT2D eigenvalue weighted by Crippen LogP contribution is 2.07. The Hall–Kier alpha value is -1.61. The Morgan fingerprint density at radius 1 is 1.12 bits per heavy atom. The Morgan fingerprint density at radius 2 is 1.88 bits per heavy atom. The standard InChI is InChI=1S/C19H28N6.HI/c1-20-19(21-11-7-14-24-12-5-6-13-24)22-16-17-10-15-25(23-17)18-8-3-2-4-9-18;/h2-4,8-10,15H,5-7,11-14,16H2,1H3,(H2,20,21,22);1H. The normalized spacial score (nSPS) is 14.9. The van der Waals surface area contributed by atoms with E-state index in [0.29, 0.717) is 6.54 Å². The fraction of sp³-hybridized carbons (Fsp3) is 0.474. The molecule has 2 aromatic rings. The maximum absolute atomic E-state index is 4.60. The van der Waals surface area contributed by atoms with Crippen molar-refractivity contribution >= 4 is 29.9 Å². The summed E-state index contributed by atoms with van der Waals surface area (Å²) in [4.78, 5) is 6.82. The van der Waals surface area contributed by atoms with Crippen LogP contribution in [0.3, 0.4) is 0 Å². The van der Waals surface area contributed by atoms with Gasteiger partial charge < -0.3 is 15.5 Å². The number of benzene rings is 1.